The lowest BCUT2D eigenvalue weighted by Crippen LogP contribution is -2.43. The van der Waals surface area contributed by atoms with Crippen LogP contribution in [0.4, 0.5) is 0 Å². The fourth-order valence-corrected chi connectivity index (χ4v) is 1.19. The van der Waals surface area contributed by atoms with Crippen molar-refractivity contribution in [1.29, 1.82) is 0 Å². The van der Waals surface area contributed by atoms with Gasteiger partial charge in [0.25, 0.3) is 0 Å². The summed E-state index contributed by atoms with van der Waals surface area (Å²) in [6.07, 6.45) is 7.22. The van der Waals surface area contributed by atoms with Crippen molar-refractivity contribution >= 4 is 5.91 Å². The van der Waals surface area contributed by atoms with Crippen molar-refractivity contribution < 1.29 is 9.90 Å². The maximum absolute atomic E-state index is 11.3. The normalized spacial score (nSPS) is 19.5. The van der Waals surface area contributed by atoms with E-state index in [2.05, 4.69) is 11.2 Å². The Morgan fingerprint density at radius 3 is 2.79 bits per heavy atom. The molecule has 0 spiro atoms. The summed E-state index contributed by atoms with van der Waals surface area (Å²) in [5.41, 5.74) is 5.42. The second-order valence-electron chi connectivity index (χ2n) is 3.89. The van der Waals surface area contributed by atoms with E-state index in [1.54, 1.807) is 0 Å². The van der Waals surface area contributed by atoms with Crippen LogP contribution >= 0.6 is 0 Å². The van der Waals surface area contributed by atoms with Crippen LogP contribution in [0.15, 0.2) is 0 Å². The molecule has 1 rings (SSSR count). The van der Waals surface area contributed by atoms with Crippen LogP contribution in [-0.4, -0.2) is 30.2 Å². The Balaban J connectivity index is 2.25. The number of rotatable bonds is 5. The average molecular weight is 196 g/mol. The Bertz CT molecular complexity index is 253. The maximum atomic E-state index is 11.3. The smallest absolute Gasteiger partial charge is 0.237 e. The second kappa shape index (κ2) is 4.45. The van der Waals surface area contributed by atoms with Crippen LogP contribution < -0.4 is 11.1 Å². The van der Waals surface area contributed by atoms with E-state index in [1.165, 1.54) is 0 Å². The molecular formula is C10H16N2O2. The van der Waals surface area contributed by atoms with E-state index < -0.39 is 6.04 Å². The quantitative estimate of drug-likeness (QED) is 0.505. The van der Waals surface area contributed by atoms with Crippen molar-refractivity contribution in [2.75, 3.05) is 13.2 Å². The van der Waals surface area contributed by atoms with E-state index >= 15 is 0 Å². The fourth-order valence-electron chi connectivity index (χ4n) is 1.19. The molecule has 4 nitrogen and oxygen atoms in total. The highest BCUT2D eigenvalue weighted by molar-refractivity contribution is 5.81. The molecule has 0 saturated heterocycles. The van der Waals surface area contributed by atoms with Crippen molar-refractivity contribution in [3.63, 3.8) is 0 Å². The molecule has 78 valence electrons. The van der Waals surface area contributed by atoms with Crippen molar-refractivity contribution in [1.82, 2.24) is 5.32 Å². The Labute approximate surface area is 83.9 Å². The van der Waals surface area contributed by atoms with E-state index in [1.807, 2.05) is 0 Å². The van der Waals surface area contributed by atoms with Gasteiger partial charge in [0.2, 0.25) is 5.91 Å². The fraction of sp³-hybridized carbons (Fsp3) is 0.700. The minimum Gasteiger partial charge on any atom is -0.396 e. The Kier molecular flexibility index (Phi) is 3.50. The molecule has 1 aliphatic carbocycles. The number of hydrogen-bond donors (Lipinski definition) is 3. The standard InChI is InChI=1S/C10H16N2O2/c1-2-3-8(11)9(14)12-6-10(7-13)4-5-10/h1,8,13H,3-7,11H2,(H,12,14). The zero-order valence-electron chi connectivity index (χ0n) is 8.12. The van der Waals surface area contributed by atoms with Gasteiger partial charge in [0, 0.05) is 18.4 Å². The summed E-state index contributed by atoms with van der Waals surface area (Å²) in [5, 5.41) is 11.7. The summed E-state index contributed by atoms with van der Waals surface area (Å²) in [7, 11) is 0. The number of amides is 1. The molecular weight excluding hydrogens is 180 g/mol. The SMILES string of the molecule is C#CCC(N)C(=O)NCC1(CO)CC1. The Morgan fingerprint density at radius 2 is 2.36 bits per heavy atom. The molecule has 1 saturated carbocycles. The molecule has 14 heavy (non-hydrogen) atoms. The molecule has 1 amide bonds. The maximum Gasteiger partial charge on any atom is 0.237 e. The first-order chi connectivity index (χ1) is 6.63. The third-order valence-electron chi connectivity index (χ3n) is 2.60. The molecule has 1 aliphatic rings. The van der Waals surface area contributed by atoms with Crippen LogP contribution in [0.5, 0.6) is 0 Å². The molecule has 0 aromatic rings. The number of nitrogens with one attached hydrogen (secondary N) is 1. The number of terminal acetylenes is 1. The average Bonchev–Trinajstić information content (AvgIpc) is 2.95. The second-order valence-corrected chi connectivity index (χ2v) is 3.89. The Hall–Kier alpha value is -1.05. The molecule has 0 aliphatic heterocycles. The lowest BCUT2D eigenvalue weighted by atomic mass is 10.1. The molecule has 0 aromatic carbocycles. The van der Waals surface area contributed by atoms with E-state index in [4.69, 9.17) is 17.3 Å². The van der Waals surface area contributed by atoms with Crippen molar-refractivity contribution in [2.45, 2.75) is 25.3 Å². The lowest BCUT2D eigenvalue weighted by molar-refractivity contribution is -0.122. The summed E-state index contributed by atoms with van der Waals surface area (Å²) in [6, 6.07) is -0.630. The Morgan fingerprint density at radius 1 is 1.71 bits per heavy atom. The predicted molar refractivity (Wildman–Crippen MR) is 53.2 cm³/mol. The number of aliphatic hydroxyl groups excluding tert-OH is 1. The highest BCUT2D eigenvalue weighted by atomic mass is 16.3. The van der Waals surface area contributed by atoms with Crippen LogP contribution in [0, 0.1) is 17.8 Å². The van der Waals surface area contributed by atoms with Gasteiger partial charge in [-0.1, -0.05) is 0 Å². The molecule has 0 bridgehead atoms. The zero-order chi connectivity index (χ0) is 10.6. The van der Waals surface area contributed by atoms with Gasteiger partial charge in [-0.2, -0.15) is 0 Å². The topological polar surface area (TPSA) is 75.4 Å². The van der Waals surface area contributed by atoms with Crippen molar-refractivity contribution in [2.24, 2.45) is 11.1 Å². The van der Waals surface area contributed by atoms with Crippen LogP contribution in [0.2, 0.25) is 0 Å². The van der Waals surface area contributed by atoms with Crippen molar-refractivity contribution in [3.8, 4) is 12.3 Å². The highest BCUT2D eigenvalue weighted by Crippen LogP contribution is 2.44. The largest absolute Gasteiger partial charge is 0.396 e. The monoisotopic (exact) mass is 196 g/mol. The molecule has 4 heteroatoms. The van der Waals surface area contributed by atoms with Gasteiger partial charge in [-0.3, -0.25) is 4.79 Å². The first-order valence-corrected chi connectivity index (χ1v) is 4.71. The van der Waals surface area contributed by atoms with Crippen LogP contribution in [0.25, 0.3) is 0 Å². The number of hydrogen-bond acceptors (Lipinski definition) is 3. The molecule has 1 unspecified atom stereocenters. The zero-order valence-corrected chi connectivity index (χ0v) is 8.12. The van der Waals surface area contributed by atoms with Gasteiger partial charge in [0.1, 0.15) is 0 Å². The molecule has 0 aromatic heterocycles. The third kappa shape index (κ3) is 2.72. The van der Waals surface area contributed by atoms with Gasteiger partial charge >= 0.3 is 0 Å². The van der Waals surface area contributed by atoms with E-state index in [9.17, 15) is 4.79 Å². The van der Waals surface area contributed by atoms with Crippen molar-refractivity contribution in [3.05, 3.63) is 0 Å². The van der Waals surface area contributed by atoms with E-state index in [0.29, 0.717) is 6.54 Å². The summed E-state index contributed by atoms with van der Waals surface area (Å²) < 4.78 is 0. The summed E-state index contributed by atoms with van der Waals surface area (Å²) in [5.74, 6) is 2.11. The first-order valence-electron chi connectivity index (χ1n) is 4.71. The first kappa shape index (κ1) is 11.0. The summed E-state index contributed by atoms with van der Waals surface area (Å²) in [4.78, 5) is 11.3. The van der Waals surface area contributed by atoms with Gasteiger partial charge < -0.3 is 16.2 Å². The molecule has 0 radical (unpaired) electrons. The summed E-state index contributed by atoms with van der Waals surface area (Å²) >= 11 is 0. The van der Waals surface area contributed by atoms with E-state index in [0.717, 1.165) is 12.8 Å². The van der Waals surface area contributed by atoms with Gasteiger partial charge in [0.05, 0.1) is 12.6 Å². The summed E-state index contributed by atoms with van der Waals surface area (Å²) in [6.45, 7) is 0.623. The molecule has 1 atom stereocenters. The molecule has 4 N–H and O–H groups in total. The molecule has 0 heterocycles. The van der Waals surface area contributed by atoms with Crippen LogP contribution in [0.1, 0.15) is 19.3 Å². The highest BCUT2D eigenvalue weighted by Gasteiger charge is 2.42. The minimum absolute atomic E-state index is 0.0779. The number of nitrogens with two attached hydrogens (primary N) is 1. The van der Waals surface area contributed by atoms with E-state index in [-0.39, 0.29) is 24.3 Å². The lowest BCUT2D eigenvalue weighted by Gasteiger charge is -2.14. The minimum atomic E-state index is -0.630. The predicted octanol–water partition coefficient (Wildman–Crippen LogP) is -0.774. The van der Waals surface area contributed by atoms with Crippen LogP contribution in [0.3, 0.4) is 0 Å². The van der Waals surface area contributed by atoms with Gasteiger partial charge in [-0.15, -0.1) is 12.3 Å². The third-order valence-corrected chi connectivity index (χ3v) is 2.60. The number of carbonyl (C=O) groups excluding carboxylic acids is 1. The number of carbonyl (C=O) groups is 1. The number of aliphatic hydroxyl groups is 1. The molecule has 1 fully saturated rings. The van der Waals surface area contributed by atoms with Crippen LogP contribution in [-0.2, 0) is 4.79 Å². The van der Waals surface area contributed by atoms with Gasteiger partial charge in [0.15, 0.2) is 0 Å². The van der Waals surface area contributed by atoms with Gasteiger partial charge in [-0.05, 0) is 12.8 Å². The van der Waals surface area contributed by atoms with Gasteiger partial charge in [-0.25, -0.2) is 0 Å².